The number of hydrogen-bond acceptors (Lipinski definition) is 3. The lowest BCUT2D eigenvalue weighted by atomic mass is 9.91. The smallest absolute Gasteiger partial charge is 0.321 e. The van der Waals surface area contributed by atoms with Gasteiger partial charge in [0.15, 0.2) is 0 Å². The van der Waals surface area contributed by atoms with Gasteiger partial charge in [-0.1, -0.05) is 30.3 Å². The first-order valence-electron chi connectivity index (χ1n) is 9.13. The fourth-order valence-corrected chi connectivity index (χ4v) is 3.50. The minimum Gasteiger partial charge on any atom is -0.325 e. The average molecular weight is 355 g/mol. The monoisotopic (exact) mass is 355 g/mol. The van der Waals surface area contributed by atoms with Gasteiger partial charge in [-0.15, -0.1) is 0 Å². The van der Waals surface area contributed by atoms with E-state index in [2.05, 4.69) is 11.4 Å². The topological polar surface area (TPSA) is 81.7 Å². The number of urea groups is 1. The summed E-state index contributed by atoms with van der Waals surface area (Å²) in [7, 11) is 0. The van der Waals surface area contributed by atoms with Crippen LogP contribution in [0, 0.1) is 5.92 Å². The summed E-state index contributed by atoms with van der Waals surface area (Å²) in [5.41, 5.74) is 2.47. The maximum atomic E-state index is 12.5. The third-order valence-corrected chi connectivity index (χ3v) is 5.04. The van der Waals surface area contributed by atoms with Crippen LogP contribution in [0.3, 0.4) is 0 Å². The Labute approximate surface area is 153 Å². The molecule has 0 atom stereocenters. The van der Waals surface area contributed by atoms with E-state index in [-0.39, 0.29) is 11.9 Å². The summed E-state index contributed by atoms with van der Waals surface area (Å²) in [5.74, 6) is 0.198. The van der Waals surface area contributed by atoms with Crippen molar-refractivity contribution in [2.45, 2.75) is 32.1 Å². The second kappa shape index (κ2) is 8.67. The molecule has 0 aliphatic carbocycles. The number of anilines is 1. The highest BCUT2D eigenvalue weighted by atomic mass is 16.5. The number of rotatable bonds is 5. The summed E-state index contributed by atoms with van der Waals surface area (Å²) >= 11 is 0. The molecule has 3 amide bonds. The number of carbonyl (C=O) groups is 2. The molecule has 0 saturated carbocycles. The van der Waals surface area contributed by atoms with Crippen molar-refractivity contribution in [3.63, 3.8) is 0 Å². The molecule has 0 aromatic heterocycles. The number of nitrogens with zero attached hydrogens (tertiary/aromatic N) is 1. The molecule has 1 aliphatic heterocycles. The van der Waals surface area contributed by atoms with Crippen LogP contribution >= 0.6 is 0 Å². The molecule has 1 aliphatic rings. The second-order valence-electron chi connectivity index (χ2n) is 6.85. The van der Waals surface area contributed by atoms with E-state index in [0.29, 0.717) is 12.3 Å². The Morgan fingerprint density at radius 3 is 2.54 bits per heavy atom. The van der Waals surface area contributed by atoms with E-state index in [4.69, 9.17) is 5.21 Å². The molecular weight excluding hydrogens is 330 g/mol. The molecule has 1 fully saturated rings. The molecule has 6 nitrogen and oxygen atoms in total. The van der Waals surface area contributed by atoms with Gasteiger partial charge in [-0.2, -0.15) is 0 Å². The zero-order valence-electron chi connectivity index (χ0n) is 14.8. The normalized spacial score (nSPS) is 15.0. The first-order chi connectivity index (χ1) is 12.7. The van der Waals surface area contributed by atoms with Crippen LogP contribution in [-0.2, 0) is 4.79 Å². The number of hydrogen-bond donors (Lipinski definition) is 3. The molecule has 0 unspecified atom stereocenters. The van der Waals surface area contributed by atoms with E-state index in [0.717, 1.165) is 55.2 Å². The maximum absolute atomic E-state index is 12.5. The van der Waals surface area contributed by atoms with Gasteiger partial charge in [0, 0.05) is 25.2 Å². The van der Waals surface area contributed by atoms with Crippen LogP contribution in [-0.4, -0.2) is 35.1 Å². The van der Waals surface area contributed by atoms with Crippen LogP contribution in [0.15, 0.2) is 42.5 Å². The van der Waals surface area contributed by atoms with Crippen LogP contribution in [0.4, 0.5) is 10.5 Å². The van der Waals surface area contributed by atoms with Gasteiger partial charge >= 0.3 is 6.03 Å². The second-order valence-corrected chi connectivity index (χ2v) is 6.85. The van der Waals surface area contributed by atoms with Gasteiger partial charge < -0.3 is 10.2 Å². The summed E-state index contributed by atoms with van der Waals surface area (Å²) in [5, 5.41) is 13.7. The summed E-state index contributed by atoms with van der Waals surface area (Å²) in [6.45, 7) is 1.46. The van der Waals surface area contributed by atoms with Crippen molar-refractivity contribution in [1.29, 1.82) is 0 Å². The minimum absolute atomic E-state index is 0.0570. The molecule has 0 bridgehead atoms. The lowest BCUT2D eigenvalue weighted by Crippen LogP contribution is -2.41. The number of likely N-dealkylation sites (tertiary alicyclic amines) is 1. The molecule has 3 rings (SSSR count). The molecule has 2 aromatic rings. The fraction of sp³-hybridized carbons (Fsp3) is 0.400. The molecule has 26 heavy (non-hydrogen) atoms. The van der Waals surface area contributed by atoms with E-state index in [9.17, 15) is 9.59 Å². The van der Waals surface area contributed by atoms with E-state index >= 15 is 0 Å². The number of amides is 3. The summed E-state index contributed by atoms with van der Waals surface area (Å²) in [6.07, 6.45) is 3.96. The van der Waals surface area contributed by atoms with Gasteiger partial charge in [0.1, 0.15) is 0 Å². The van der Waals surface area contributed by atoms with Crippen molar-refractivity contribution in [1.82, 2.24) is 10.4 Å². The van der Waals surface area contributed by atoms with Gasteiger partial charge in [0.05, 0.1) is 0 Å². The molecule has 138 valence electrons. The van der Waals surface area contributed by atoms with Crippen LogP contribution in [0.5, 0.6) is 0 Å². The van der Waals surface area contributed by atoms with Gasteiger partial charge in [-0.3, -0.25) is 10.0 Å². The number of fused-ring (bicyclic) bond motifs is 1. The Balaban J connectivity index is 1.46. The van der Waals surface area contributed by atoms with E-state index in [1.807, 2.05) is 41.3 Å². The number of hydroxylamine groups is 1. The van der Waals surface area contributed by atoms with E-state index < -0.39 is 0 Å². The molecule has 1 saturated heterocycles. The average Bonchev–Trinajstić information content (AvgIpc) is 2.68. The summed E-state index contributed by atoms with van der Waals surface area (Å²) in [4.78, 5) is 25.4. The lowest BCUT2D eigenvalue weighted by molar-refractivity contribution is -0.129. The van der Waals surface area contributed by atoms with Crippen LogP contribution in [0.25, 0.3) is 10.8 Å². The van der Waals surface area contributed by atoms with Gasteiger partial charge in [-0.25, -0.2) is 10.3 Å². The molecule has 3 N–H and O–H groups in total. The third kappa shape index (κ3) is 4.73. The lowest BCUT2D eigenvalue weighted by Gasteiger charge is -2.32. The third-order valence-electron chi connectivity index (χ3n) is 5.04. The van der Waals surface area contributed by atoms with Crippen LogP contribution in [0.1, 0.15) is 32.1 Å². The maximum Gasteiger partial charge on any atom is 0.321 e. The SMILES string of the molecule is O=C(CCCC1CCN(C(=O)Nc2ccc3ccccc3c2)CC1)NO. The van der Waals surface area contributed by atoms with E-state index in [1.165, 1.54) is 0 Å². The highest BCUT2D eigenvalue weighted by molar-refractivity contribution is 5.93. The van der Waals surface area contributed by atoms with E-state index in [1.54, 1.807) is 5.48 Å². The largest absolute Gasteiger partial charge is 0.325 e. The van der Waals surface area contributed by atoms with Crippen molar-refractivity contribution in [2.24, 2.45) is 5.92 Å². The summed E-state index contributed by atoms with van der Waals surface area (Å²) in [6, 6.07) is 14.0. The molecule has 1 heterocycles. The Hall–Kier alpha value is -2.60. The number of nitrogens with one attached hydrogen (secondary N) is 2. The van der Waals surface area contributed by atoms with Gasteiger partial charge in [-0.05, 0) is 54.5 Å². The van der Waals surface area contributed by atoms with Crippen molar-refractivity contribution >= 4 is 28.4 Å². The summed E-state index contributed by atoms with van der Waals surface area (Å²) < 4.78 is 0. The van der Waals surface area contributed by atoms with Crippen LogP contribution in [0.2, 0.25) is 0 Å². The highest BCUT2D eigenvalue weighted by Crippen LogP contribution is 2.24. The predicted molar refractivity (Wildman–Crippen MR) is 101 cm³/mol. The quantitative estimate of drug-likeness (QED) is 0.564. The molecule has 0 radical (unpaired) electrons. The Morgan fingerprint density at radius 2 is 1.81 bits per heavy atom. The standard InChI is InChI=1S/C20H25N3O3/c24-19(22-26)7-3-4-15-10-12-23(13-11-15)20(25)21-18-9-8-16-5-1-2-6-17(16)14-18/h1-2,5-6,8-9,14-15,26H,3-4,7,10-13H2,(H,21,25)(H,22,24). The Kier molecular flexibility index (Phi) is 6.07. The molecule has 0 spiro atoms. The molecule has 6 heteroatoms. The number of benzene rings is 2. The van der Waals surface area contributed by atoms with Gasteiger partial charge in [0.2, 0.25) is 5.91 Å². The fourth-order valence-electron chi connectivity index (χ4n) is 3.50. The molecular formula is C20H25N3O3. The first-order valence-corrected chi connectivity index (χ1v) is 9.13. The van der Waals surface area contributed by atoms with Gasteiger partial charge in [0.25, 0.3) is 0 Å². The number of carbonyl (C=O) groups excluding carboxylic acids is 2. The van der Waals surface area contributed by atoms with Crippen molar-refractivity contribution in [3.8, 4) is 0 Å². The zero-order valence-corrected chi connectivity index (χ0v) is 14.8. The minimum atomic E-state index is -0.336. The Morgan fingerprint density at radius 1 is 1.08 bits per heavy atom. The van der Waals surface area contributed by atoms with Crippen molar-refractivity contribution in [3.05, 3.63) is 42.5 Å². The van der Waals surface area contributed by atoms with Crippen LogP contribution < -0.4 is 10.8 Å². The highest BCUT2D eigenvalue weighted by Gasteiger charge is 2.22. The Bertz CT molecular complexity index is 770. The van der Waals surface area contributed by atoms with Crippen molar-refractivity contribution < 1.29 is 14.8 Å². The molecule has 2 aromatic carbocycles. The predicted octanol–water partition coefficient (Wildman–Crippen LogP) is 3.76. The van der Waals surface area contributed by atoms with Crippen molar-refractivity contribution in [2.75, 3.05) is 18.4 Å². The first kappa shape index (κ1) is 18.2. The number of piperidine rings is 1. The zero-order chi connectivity index (χ0) is 18.4.